The Balaban J connectivity index is 1.22. The average Bonchev–Trinajstić information content (AvgIpc) is 2.98. The smallest absolute Gasteiger partial charge is 0.118 e. The van der Waals surface area contributed by atoms with Gasteiger partial charge in [-0.05, 0) is 135 Å². The van der Waals surface area contributed by atoms with Crippen LogP contribution in [-0.4, -0.2) is 37.7 Å². The van der Waals surface area contributed by atoms with E-state index in [1.807, 2.05) is 0 Å². The number of ether oxygens (including phenoxy) is 2. The molecule has 3 aromatic carbocycles. The fourth-order valence-electron chi connectivity index (χ4n) is 8.60. The molecular weight excluding hydrogens is 504 g/mol. The van der Waals surface area contributed by atoms with Crippen LogP contribution in [0.4, 0.5) is 5.69 Å². The van der Waals surface area contributed by atoms with E-state index in [2.05, 4.69) is 90.4 Å². The SMILES string of the molecule is CCN(Cc1ccc(OC)cc1)c1ccc(C)c(CCN(Cc2ccc(OC)cc2)C23CC4CC(CC(C4)C2)C3)c1. The van der Waals surface area contributed by atoms with Crippen LogP contribution in [0.1, 0.15) is 67.7 Å². The van der Waals surface area contributed by atoms with Crippen molar-refractivity contribution in [1.29, 1.82) is 0 Å². The van der Waals surface area contributed by atoms with Crippen LogP contribution in [0.2, 0.25) is 0 Å². The Morgan fingerprint density at radius 3 is 1.78 bits per heavy atom. The summed E-state index contributed by atoms with van der Waals surface area (Å²) in [5.41, 5.74) is 7.31. The zero-order valence-electron chi connectivity index (χ0n) is 25.6. The number of benzene rings is 3. The lowest BCUT2D eigenvalue weighted by Crippen LogP contribution is -2.60. The number of anilines is 1. The first-order valence-corrected chi connectivity index (χ1v) is 15.8. The quantitative estimate of drug-likeness (QED) is 0.227. The van der Waals surface area contributed by atoms with E-state index in [-0.39, 0.29) is 0 Å². The summed E-state index contributed by atoms with van der Waals surface area (Å²) < 4.78 is 10.8. The summed E-state index contributed by atoms with van der Waals surface area (Å²) in [6.45, 7) is 8.58. The van der Waals surface area contributed by atoms with Crippen LogP contribution < -0.4 is 14.4 Å². The molecule has 0 saturated heterocycles. The van der Waals surface area contributed by atoms with Gasteiger partial charge in [0.25, 0.3) is 0 Å². The van der Waals surface area contributed by atoms with E-state index in [1.54, 1.807) is 14.2 Å². The minimum absolute atomic E-state index is 0.379. The van der Waals surface area contributed by atoms with E-state index in [0.29, 0.717) is 5.54 Å². The number of aryl methyl sites for hydroxylation is 1. The fourth-order valence-corrected chi connectivity index (χ4v) is 8.60. The Bertz CT molecular complexity index is 1260. The number of methoxy groups -OCH3 is 2. The van der Waals surface area contributed by atoms with Crippen molar-refractivity contribution in [3.63, 3.8) is 0 Å². The zero-order chi connectivity index (χ0) is 28.4. The van der Waals surface area contributed by atoms with Gasteiger partial charge in [-0.15, -0.1) is 0 Å². The van der Waals surface area contributed by atoms with Gasteiger partial charge >= 0.3 is 0 Å². The molecule has 4 aliphatic carbocycles. The highest BCUT2D eigenvalue weighted by molar-refractivity contribution is 5.51. The van der Waals surface area contributed by atoms with Crippen LogP contribution in [0, 0.1) is 24.7 Å². The van der Waals surface area contributed by atoms with E-state index >= 15 is 0 Å². The van der Waals surface area contributed by atoms with Gasteiger partial charge in [0, 0.05) is 37.4 Å². The highest BCUT2D eigenvalue weighted by Gasteiger charge is 2.53. The lowest BCUT2D eigenvalue weighted by Gasteiger charge is -2.60. The maximum absolute atomic E-state index is 5.46. The number of nitrogens with zero attached hydrogens (tertiary/aromatic N) is 2. The van der Waals surface area contributed by atoms with Gasteiger partial charge in [0.15, 0.2) is 0 Å². The van der Waals surface area contributed by atoms with Crippen molar-refractivity contribution in [3.8, 4) is 11.5 Å². The largest absolute Gasteiger partial charge is 0.497 e. The van der Waals surface area contributed by atoms with Gasteiger partial charge in [-0.2, -0.15) is 0 Å². The lowest BCUT2D eigenvalue weighted by atomic mass is 9.52. The normalized spacial score (nSPS) is 24.6. The molecule has 3 aromatic rings. The molecule has 0 unspecified atom stereocenters. The third-order valence-corrected chi connectivity index (χ3v) is 10.5. The zero-order valence-corrected chi connectivity index (χ0v) is 25.6. The van der Waals surface area contributed by atoms with Crippen LogP contribution >= 0.6 is 0 Å². The fraction of sp³-hybridized carbons (Fsp3) is 0.514. The molecule has 4 nitrogen and oxygen atoms in total. The summed E-state index contributed by atoms with van der Waals surface area (Å²) in [5, 5.41) is 0. The Hall–Kier alpha value is -2.98. The summed E-state index contributed by atoms with van der Waals surface area (Å²) in [7, 11) is 3.48. The topological polar surface area (TPSA) is 24.9 Å². The molecule has 0 amide bonds. The van der Waals surface area contributed by atoms with Gasteiger partial charge in [-0.25, -0.2) is 0 Å². The number of hydrogen-bond acceptors (Lipinski definition) is 4. The van der Waals surface area contributed by atoms with Crippen molar-refractivity contribution in [2.75, 3.05) is 32.2 Å². The second-order valence-corrected chi connectivity index (χ2v) is 13.1. The molecule has 0 atom stereocenters. The molecule has 41 heavy (non-hydrogen) atoms. The summed E-state index contributed by atoms with van der Waals surface area (Å²) in [6.07, 6.45) is 9.75. The van der Waals surface area contributed by atoms with Crippen molar-refractivity contribution in [1.82, 2.24) is 4.90 Å². The monoisotopic (exact) mass is 552 g/mol. The highest BCUT2D eigenvalue weighted by Crippen LogP contribution is 2.58. The molecular formula is C37H48N2O2. The molecule has 4 bridgehead atoms. The Morgan fingerprint density at radius 2 is 1.27 bits per heavy atom. The van der Waals surface area contributed by atoms with Gasteiger partial charge < -0.3 is 14.4 Å². The predicted octanol–water partition coefficient (Wildman–Crippen LogP) is 8.05. The maximum atomic E-state index is 5.46. The molecule has 218 valence electrons. The maximum Gasteiger partial charge on any atom is 0.118 e. The van der Waals surface area contributed by atoms with Crippen LogP contribution in [0.15, 0.2) is 66.7 Å². The van der Waals surface area contributed by atoms with Gasteiger partial charge in [0.05, 0.1) is 14.2 Å². The first-order valence-electron chi connectivity index (χ1n) is 15.8. The van der Waals surface area contributed by atoms with Crippen LogP contribution in [0.3, 0.4) is 0 Å². The molecule has 4 heteroatoms. The summed E-state index contributed by atoms with van der Waals surface area (Å²) in [6, 6.07) is 24.4. The van der Waals surface area contributed by atoms with Crippen molar-refractivity contribution >= 4 is 5.69 Å². The minimum atomic E-state index is 0.379. The summed E-state index contributed by atoms with van der Waals surface area (Å²) >= 11 is 0. The standard InChI is InChI=1S/C37H48N2O2/c1-5-38(25-28-7-12-35(40-3)13-8-28)34-11-6-27(2)33(21-34)16-17-39(26-29-9-14-36(41-4)15-10-29)37-22-30-18-31(23-37)20-32(19-30)24-37/h6-15,21,30-32H,5,16-20,22-26H2,1-4H3. The van der Waals surface area contributed by atoms with Crippen LogP contribution in [0.5, 0.6) is 11.5 Å². The van der Waals surface area contributed by atoms with E-state index in [9.17, 15) is 0 Å². The Labute approximate surface area is 247 Å². The van der Waals surface area contributed by atoms with Gasteiger partial charge in [0.1, 0.15) is 11.5 Å². The third-order valence-electron chi connectivity index (χ3n) is 10.5. The van der Waals surface area contributed by atoms with Crippen molar-refractivity contribution in [2.24, 2.45) is 17.8 Å². The van der Waals surface area contributed by atoms with E-state index in [0.717, 1.165) is 61.9 Å². The second kappa shape index (κ2) is 12.1. The average molecular weight is 553 g/mol. The van der Waals surface area contributed by atoms with E-state index < -0.39 is 0 Å². The molecule has 0 N–H and O–H groups in total. The Kier molecular flexibility index (Phi) is 8.30. The van der Waals surface area contributed by atoms with E-state index in [1.165, 1.54) is 66.5 Å². The van der Waals surface area contributed by atoms with Gasteiger partial charge in [0.2, 0.25) is 0 Å². The van der Waals surface area contributed by atoms with Crippen LogP contribution in [-0.2, 0) is 19.5 Å². The molecule has 7 rings (SSSR count). The Morgan fingerprint density at radius 1 is 0.732 bits per heavy atom. The minimum Gasteiger partial charge on any atom is -0.497 e. The second-order valence-electron chi connectivity index (χ2n) is 13.1. The van der Waals surface area contributed by atoms with Gasteiger partial charge in [-0.1, -0.05) is 30.3 Å². The summed E-state index contributed by atoms with van der Waals surface area (Å²) in [4.78, 5) is 5.40. The van der Waals surface area contributed by atoms with Gasteiger partial charge in [-0.3, -0.25) is 4.90 Å². The third kappa shape index (κ3) is 6.14. The molecule has 0 radical (unpaired) electrons. The van der Waals surface area contributed by atoms with Crippen LogP contribution in [0.25, 0.3) is 0 Å². The van der Waals surface area contributed by atoms with E-state index in [4.69, 9.17) is 9.47 Å². The summed E-state index contributed by atoms with van der Waals surface area (Å²) in [5.74, 6) is 4.69. The molecule has 0 heterocycles. The highest BCUT2D eigenvalue weighted by atomic mass is 16.5. The van der Waals surface area contributed by atoms with Crippen molar-refractivity contribution < 1.29 is 9.47 Å². The number of rotatable bonds is 12. The number of hydrogen-bond donors (Lipinski definition) is 0. The molecule has 4 fully saturated rings. The predicted molar refractivity (Wildman–Crippen MR) is 169 cm³/mol. The molecule has 0 spiro atoms. The van der Waals surface area contributed by atoms with Crippen molar-refractivity contribution in [3.05, 3.63) is 89.0 Å². The van der Waals surface area contributed by atoms with Crippen molar-refractivity contribution in [2.45, 2.75) is 77.4 Å². The molecule has 4 saturated carbocycles. The molecule has 0 aliphatic heterocycles. The lowest BCUT2D eigenvalue weighted by molar-refractivity contribution is -0.0920. The molecule has 4 aliphatic rings. The molecule has 0 aromatic heterocycles. The first kappa shape index (κ1) is 28.2. The first-order chi connectivity index (χ1) is 20.0.